The van der Waals surface area contributed by atoms with Gasteiger partial charge in [-0.1, -0.05) is 147 Å². The molecule has 0 saturated carbocycles. The van der Waals surface area contributed by atoms with Crippen LogP contribution in [-0.4, -0.2) is 20.5 Å². The smallest absolute Gasteiger partial charge is 0.175 e. The summed E-state index contributed by atoms with van der Waals surface area (Å²) < 4.78 is 4.97. The maximum Gasteiger partial charge on any atom is 0.175 e. The standard InChI is InChI=1S/C63H38N2O2/c1-63(2)47-23-11-12-25-49(47)64-52-28-43-40-26-41-44(61(66)55-35-18-7-3-14-31(35)53(41)32-15-4-8-19-36(32)55)29-50(40)65-51-30-45-42(27-46(51)58(60(43)65)57(52)39-22-13-24-48(63)59(39)64)54-33-16-5-9-20-37(33)56(62(45)67)38-21-10-6-17-34(38)54/h3-30,53-56H,1-2H3. The van der Waals surface area contributed by atoms with E-state index in [-0.39, 0.29) is 40.7 Å². The Bertz CT molecular complexity index is 4290. The van der Waals surface area contributed by atoms with Gasteiger partial charge in [-0.3, -0.25) is 9.59 Å². The van der Waals surface area contributed by atoms with Gasteiger partial charge in [0.2, 0.25) is 0 Å². The third kappa shape index (κ3) is 3.85. The molecule has 0 atom stereocenters. The van der Waals surface area contributed by atoms with Crippen LogP contribution in [0.15, 0.2) is 170 Å². The molecule has 9 aromatic carbocycles. The molecular formula is C63H38N2O2. The van der Waals surface area contributed by atoms with Crippen LogP contribution >= 0.6 is 0 Å². The topological polar surface area (TPSA) is 43.5 Å². The Morgan fingerprint density at radius 3 is 1.39 bits per heavy atom. The van der Waals surface area contributed by atoms with Crippen LogP contribution in [0.3, 0.4) is 0 Å². The lowest BCUT2D eigenvalue weighted by atomic mass is 9.72. The Morgan fingerprint density at radius 2 is 0.836 bits per heavy atom. The molecule has 312 valence electrons. The molecule has 19 rings (SSSR count). The lowest BCUT2D eigenvalue weighted by molar-refractivity contribution is 0.0966. The normalized spacial score (nSPS) is 20.0. The highest BCUT2D eigenvalue weighted by molar-refractivity contribution is 6.37. The number of rotatable bonds is 0. The lowest BCUT2D eigenvalue weighted by Gasteiger charge is -2.34. The molecule has 0 saturated heterocycles. The van der Waals surface area contributed by atoms with Crippen molar-refractivity contribution in [2.45, 2.75) is 42.9 Å². The fraction of sp³-hybridized carbons (Fsp3) is 0.111. The molecule has 4 heteroatoms. The predicted molar refractivity (Wildman–Crippen MR) is 268 cm³/mol. The van der Waals surface area contributed by atoms with Gasteiger partial charge in [0.1, 0.15) is 0 Å². The van der Waals surface area contributed by atoms with E-state index in [0.29, 0.717) is 0 Å². The number of para-hydroxylation sites is 2. The predicted octanol–water partition coefficient (Wildman–Crippen LogP) is 14.2. The molecule has 7 aliphatic rings. The van der Waals surface area contributed by atoms with Crippen molar-refractivity contribution in [3.05, 3.63) is 248 Å². The number of fused-ring (bicyclic) bond motifs is 12. The van der Waals surface area contributed by atoms with Gasteiger partial charge in [0.05, 0.1) is 45.1 Å². The van der Waals surface area contributed by atoms with E-state index < -0.39 is 0 Å². The molecule has 67 heavy (non-hydrogen) atoms. The summed E-state index contributed by atoms with van der Waals surface area (Å²) in [5.41, 5.74) is 22.2. The van der Waals surface area contributed by atoms with E-state index in [4.69, 9.17) is 0 Å². The van der Waals surface area contributed by atoms with Crippen molar-refractivity contribution in [3.63, 3.8) is 0 Å². The van der Waals surface area contributed by atoms with Gasteiger partial charge in [-0.05, 0) is 103 Å². The number of hydrogen-bond donors (Lipinski definition) is 0. The first-order chi connectivity index (χ1) is 32.9. The zero-order chi connectivity index (χ0) is 43.9. The first kappa shape index (κ1) is 35.2. The summed E-state index contributed by atoms with van der Waals surface area (Å²) in [6, 6.07) is 62.0. The average molecular weight is 855 g/mol. The quantitative estimate of drug-likeness (QED) is 0.152. The summed E-state index contributed by atoms with van der Waals surface area (Å²) in [7, 11) is 0. The maximum atomic E-state index is 15.5. The molecule has 0 N–H and O–H groups in total. The van der Waals surface area contributed by atoms with Crippen LogP contribution in [-0.2, 0) is 5.41 Å². The van der Waals surface area contributed by atoms with Gasteiger partial charge in [0.15, 0.2) is 11.6 Å². The molecular weight excluding hydrogens is 817 g/mol. The minimum absolute atomic E-state index is 0.0767. The highest BCUT2D eigenvalue weighted by Gasteiger charge is 2.45. The molecule has 3 aromatic heterocycles. The Morgan fingerprint density at radius 1 is 0.373 bits per heavy atom. The number of ketones is 2. The highest BCUT2D eigenvalue weighted by Crippen LogP contribution is 2.57. The van der Waals surface area contributed by atoms with Crippen molar-refractivity contribution in [1.29, 1.82) is 0 Å². The van der Waals surface area contributed by atoms with Crippen LogP contribution in [0.2, 0.25) is 0 Å². The molecule has 0 radical (unpaired) electrons. The van der Waals surface area contributed by atoms with Crippen molar-refractivity contribution in [2.24, 2.45) is 0 Å². The van der Waals surface area contributed by atoms with E-state index >= 15 is 9.59 Å². The van der Waals surface area contributed by atoms with Gasteiger partial charge in [-0.2, -0.15) is 0 Å². The molecule has 12 aromatic rings. The third-order valence-corrected chi connectivity index (χ3v) is 17.3. The molecule has 4 bridgehead atoms. The summed E-state index contributed by atoms with van der Waals surface area (Å²) in [4.78, 5) is 30.9. The summed E-state index contributed by atoms with van der Waals surface area (Å²) in [5, 5.41) is 7.08. The van der Waals surface area contributed by atoms with Crippen molar-refractivity contribution in [1.82, 2.24) is 8.97 Å². The Kier molecular flexibility index (Phi) is 6.03. The number of benzene rings is 9. The Labute approximate surface area is 384 Å². The molecule has 0 spiro atoms. The SMILES string of the molecule is CC1(C)c2ccccc2-n2c3cc4c5cc6c(cc5n5c7cc8c(cc7c(c3c3cccc1c32)c45)C1c2ccccc2C(C8=O)c2ccccc21)C(=O)C1c2ccccc2C6c2ccccc21. The molecule has 6 aliphatic carbocycles. The number of carbonyl (C=O) groups is 2. The first-order valence-corrected chi connectivity index (χ1v) is 23.7. The van der Waals surface area contributed by atoms with E-state index in [0.717, 1.165) is 77.2 Å². The third-order valence-electron chi connectivity index (χ3n) is 17.3. The zero-order valence-corrected chi connectivity index (χ0v) is 36.7. The van der Waals surface area contributed by atoms with Crippen LogP contribution in [0, 0.1) is 0 Å². The Balaban J connectivity index is 1.08. The highest BCUT2D eigenvalue weighted by atomic mass is 16.1. The van der Waals surface area contributed by atoms with Gasteiger partial charge in [0.25, 0.3) is 0 Å². The van der Waals surface area contributed by atoms with Gasteiger partial charge < -0.3 is 8.97 Å². The summed E-state index contributed by atoms with van der Waals surface area (Å²) in [6.07, 6.45) is 0. The van der Waals surface area contributed by atoms with Crippen LogP contribution in [0.1, 0.15) is 125 Å². The van der Waals surface area contributed by atoms with Crippen molar-refractivity contribution < 1.29 is 9.59 Å². The monoisotopic (exact) mass is 854 g/mol. The van der Waals surface area contributed by atoms with Crippen molar-refractivity contribution >= 4 is 71.5 Å². The number of aromatic nitrogens is 2. The summed E-state index contributed by atoms with van der Waals surface area (Å²) in [5.74, 6) is -0.627. The fourth-order valence-corrected chi connectivity index (χ4v) is 14.6. The maximum absolute atomic E-state index is 15.5. The van der Waals surface area contributed by atoms with Crippen LogP contribution in [0.5, 0.6) is 0 Å². The van der Waals surface area contributed by atoms with E-state index in [1.54, 1.807) is 0 Å². The van der Waals surface area contributed by atoms with E-state index in [1.165, 1.54) is 66.3 Å². The van der Waals surface area contributed by atoms with Crippen molar-refractivity contribution in [2.75, 3.05) is 0 Å². The minimum atomic E-state index is -0.381. The first-order valence-electron chi connectivity index (χ1n) is 23.7. The molecule has 0 unspecified atom stereocenters. The van der Waals surface area contributed by atoms with Gasteiger partial charge >= 0.3 is 0 Å². The van der Waals surface area contributed by atoms with Crippen molar-refractivity contribution in [3.8, 4) is 5.69 Å². The summed E-state index contributed by atoms with van der Waals surface area (Å²) in [6.45, 7) is 4.73. The number of carbonyl (C=O) groups excluding carboxylic acids is 2. The zero-order valence-electron chi connectivity index (χ0n) is 36.7. The molecule has 4 heterocycles. The van der Waals surface area contributed by atoms with Gasteiger partial charge in [-0.15, -0.1) is 0 Å². The molecule has 0 fully saturated rings. The number of nitrogens with zero attached hydrogens (tertiary/aromatic N) is 2. The summed E-state index contributed by atoms with van der Waals surface area (Å²) >= 11 is 0. The van der Waals surface area contributed by atoms with Gasteiger partial charge in [-0.25, -0.2) is 0 Å². The van der Waals surface area contributed by atoms with E-state index in [1.807, 2.05) is 0 Å². The van der Waals surface area contributed by atoms with Crippen LogP contribution in [0.25, 0.3) is 65.6 Å². The number of Topliss-reactive ketones (excluding diaryl/α,β-unsaturated/α-hetero) is 2. The molecule has 0 amide bonds. The minimum Gasteiger partial charge on any atom is -0.309 e. The van der Waals surface area contributed by atoms with E-state index in [2.05, 4.69) is 193 Å². The largest absolute Gasteiger partial charge is 0.309 e. The second-order valence-corrected chi connectivity index (χ2v) is 20.4. The molecule has 4 nitrogen and oxygen atoms in total. The molecule has 1 aliphatic heterocycles. The second kappa shape index (κ2) is 11.5. The fourth-order valence-electron chi connectivity index (χ4n) is 14.6. The van der Waals surface area contributed by atoms with Crippen LogP contribution in [0.4, 0.5) is 0 Å². The van der Waals surface area contributed by atoms with Crippen LogP contribution < -0.4 is 0 Å². The van der Waals surface area contributed by atoms with Gasteiger partial charge in [0, 0.05) is 60.7 Å². The average Bonchev–Trinajstić information content (AvgIpc) is 3.89. The number of hydrogen-bond acceptors (Lipinski definition) is 2. The lowest BCUT2D eigenvalue weighted by Crippen LogP contribution is -2.26. The Hall–Kier alpha value is -8.08. The second-order valence-electron chi connectivity index (χ2n) is 20.4. The van der Waals surface area contributed by atoms with E-state index in [9.17, 15) is 0 Å².